The first-order valence-electron chi connectivity index (χ1n) is 8.92. The number of carbonyl (C=O) groups is 1. The number of hydrogen-bond acceptors (Lipinski definition) is 6. The van der Waals surface area contributed by atoms with Crippen LogP contribution in [0.1, 0.15) is 33.6 Å². The van der Waals surface area contributed by atoms with Crippen LogP contribution < -0.4 is 0 Å². The predicted molar refractivity (Wildman–Crippen MR) is 107 cm³/mol. The second-order valence-corrected chi connectivity index (χ2v) is 9.76. The molecule has 150 valence electrons. The Bertz CT molecular complexity index is 905. The van der Waals surface area contributed by atoms with Gasteiger partial charge in [0.2, 0.25) is 10.0 Å². The van der Waals surface area contributed by atoms with Crippen molar-refractivity contribution in [1.29, 1.82) is 0 Å². The Morgan fingerprint density at radius 1 is 1.33 bits per heavy atom. The van der Waals surface area contributed by atoms with Gasteiger partial charge >= 0.3 is 5.97 Å². The third-order valence-corrected chi connectivity index (χ3v) is 6.65. The zero-order chi connectivity index (χ0) is 20.2. The van der Waals surface area contributed by atoms with Crippen LogP contribution in [0.4, 0.5) is 0 Å². The number of thioether (sulfide) groups is 1. The highest BCUT2D eigenvalue weighted by Crippen LogP contribution is 2.27. The number of esters is 1. The number of aromatic nitrogens is 2. The molecular weight excluding hydrogens is 386 g/mol. The summed E-state index contributed by atoms with van der Waals surface area (Å²) in [7, 11) is -0.523. The van der Waals surface area contributed by atoms with E-state index < -0.39 is 10.0 Å². The molecule has 0 saturated carbocycles. The maximum atomic E-state index is 12.4. The number of rotatable bonds is 9. The maximum Gasteiger partial charge on any atom is 0.316 e. The first-order chi connectivity index (χ1) is 12.7. The highest BCUT2D eigenvalue weighted by Gasteiger charge is 2.20. The normalized spacial score (nSPS) is 12.3. The fourth-order valence-corrected chi connectivity index (χ4v) is 4.27. The molecule has 0 atom stereocenters. The molecule has 2 aromatic rings. The molecule has 0 amide bonds. The van der Waals surface area contributed by atoms with Crippen LogP contribution >= 0.6 is 11.8 Å². The number of nitrogens with zero attached hydrogens (tertiary/aromatic N) is 3. The number of sulfonamides is 1. The van der Waals surface area contributed by atoms with Crippen LogP contribution in [-0.2, 0) is 26.1 Å². The van der Waals surface area contributed by atoms with Gasteiger partial charge in [0.25, 0.3) is 0 Å². The van der Waals surface area contributed by atoms with Crippen LogP contribution in [0.2, 0.25) is 0 Å². The van der Waals surface area contributed by atoms with Crippen LogP contribution in [0, 0.1) is 0 Å². The summed E-state index contributed by atoms with van der Waals surface area (Å²) in [5, 5.41) is 0.693. The molecule has 0 aliphatic heterocycles. The minimum Gasteiger partial charge on any atom is -0.462 e. The van der Waals surface area contributed by atoms with E-state index in [1.165, 1.54) is 30.2 Å². The van der Waals surface area contributed by atoms with E-state index in [0.717, 1.165) is 24.9 Å². The second kappa shape index (κ2) is 9.07. The number of imidazole rings is 1. The zero-order valence-corrected chi connectivity index (χ0v) is 18.1. The molecule has 0 N–H and O–H groups in total. The van der Waals surface area contributed by atoms with Crippen LogP contribution in [0.15, 0.2) is 28.3 Å². The number of aryl methyl sites for hydroxylation is 1. The first kappa shape index (κ1) is 21.7. The number of hydrogen-bond donors (Lipinski definition) is 0. The van der Waals surface area contributed by atoms with Crippen molar-refractivity contribution in [3.63, 3.8) is 0 Å². The minimum absolute atomic E-state index is 0.157. The number of unbranched alkanes of at least 4 members (excludes halogenated alkanes) is 1. The van der Waals surface area contributed by atoms with Gasteiger partial charge in [-0.3, -0.25) is 4.79 Å². The highest BCUT2D eigenvalue weighted by atomic mass is 32.2. The molecule has 1 heterocycles. The Morgan fingerprint density at radius 2 is 2.04 bits per heavy atom. The summed E-state index contributed by atoms with van der Waals surface area (Å²) in [6.07, 6.45) is 1.83. The van der Waals surface area contributed by atoms with E-state index in [-0.39, 0.29) is 22.7 Å². The van der Waals surface area contributed by atoms with E-state index in [1.807, 2.05) is 18.4 Å². The van der Waals surface area contributed by atoms with Crippen molar-refractivity contribution in [2.24, 2.45) is 0 Å². The SMILES string of the molecule is CCCCn1c(SCC(=O)OC(C)C)nc2cc(S(=O)(=O)N(C)C)ccc21. The Morgan fingerprint density at radius 3 is 2.63 bits per heavy atom. The fraction of sp³-hybridized carbons (Fsp3) is 0.556. The summed E-state index contributed by atoms with van der Waals surface area (Å²) in [6, 6.07) is 4.97. The molecule has 2 rings (SSSR count). The van der Waals surface area contributed by atoms with Crippen molar-refractivity contribution < 1.29 is 17.9 Å². The summed E-state index contributed by atoms with van der Waals surface area (Å²) in [4.78, 5) is 16.7. The summed E-state index contributed by atoms with van der Waals surface area (Å²) in [6.45, 7) is 6.49. The standard InChI is InChI=1S/C18H27N3O4S2/c1-6-7-10-21-16-9-8-14(27(23,24)20(4)5)11-15(16)19-18(21)26-12-17(22)25-13(2)3/h8-9,11,13H,6-7,10,12H2,1-5H3. The van der Waals surface area contributed by atoms with Crippen molar-refractivity contribution in [3.8, 4) is 0 Å². The van der Waals surface area contributed by atoms with Gasteiger partial charge in [0, 0.05) is 20.6 Å². The van der Waals surface area contributed by atoms with E-state index >= 15 is 0 Å². The second-order valence-electron chi connectivity index (χ2n) is 6.66. The van der Waals surface area contributed by atoms with E-state index in [2.05, 4.69) is 11.9 Å². The van der Waals surface area contributed by atoms with Crippen LogP contribution in [-0.4, -0.2) is 54.2 Å². The molecule has 1 aromatic heterocycles. The van der Waals surface area contributed by atoms with E-state index in [0.29, 0.717) is 10.7 Å². The molecule has 0 saturated heterocycles. The van der Waals surface area contributed by atoms with Crippen LogP contribution in [0.5, 0.6) is 0 Å². The quantitative estimate of drug-likeness (QED) is 0.464. The summed E-state index contributed by atoms with van der Waals surface area (Å²) in [5.74, 6) is -0.129. The van der Waals surface area contributed by atoms with Crippen molar-refractivity contribution in [2.45, 2.75) is 56.3 Å². The van der Waals surface area contributed by atoms with Gasteiger partial charge in [-0.1, -0.05) is 25.1 Å². The lowest BCUT2D eigenvalue weighted by Crippen LogP contribution is -2.22. The van der Waals surface area contributed by atoms with Gasteiger partial charge in [0.15, 0.2) is 5.16 Å². The van der Waals surface area contributed by atoms with E-state index in [9.17, 15) is 13.2 Å². The fourth-order valence-electron chi connectivity index (χ4n) is 2.52. The molecular formula is C18H27N3O4S2. The van der Waals surface area contributed by atoms with Crippen LogP contribution in [0.25, 0.3) is 11.0 Å². The molecule has 0 fully saturated rings. The Balaban J connectivity index is 2.38. The lowest BCUT2D eigenvalue weighted by atomic mass is 10.3. The summed E-state index contributed by atoms with van der Waals surface area (Å²) >= 11 is 1.31. The monoisotopic (exact) mass is 413 g/mol. The van der Waals surface area contributed by atoms with Crippen molar-refractivity contribution in [1.82, 2.24) is 13.9 Å². The summed E-state index contributed by atoms with van der Waals surface area (Å²) < 4.78 is 33.2. The van der Waals surface area contributed by atoms with Crippen LogP contribution in [0.3, 0.4) is 0 Å². The van der Waals surface area contributed by atoms with Crippen molar-refractivity contribution >= 4 is 38.8 Å². The third-order valence-electron chi connectivity index (χ3n) is 3.88. The molecule has 0 unspecified atom stereocenters. The number of fused-ring (bicyclic) bond motifs is 1. The lowest BCUT2D eigenvalue weighted by Gasteiger charge is -2.11. The number of ether oxygens (including phenoxy) is 1. The molecule has 1 aromatic carbocycles. The molecule has 27 heavy (non-hydrogen) atoms. The molecule has 0 spiro atoms. The average Bonchev–Trinajstić information content (AvgIpc) is 2.94. The average molecular weight is 414 g/mol. The highest BCUT2D eigenvalue weighted by molar-refractivity contribution is 7.99. The number of carbonyl (C=O) groups excluding carboxylic acids is 1. The Kier molecular flexibility index (Phi) is 7.30. The van der Waals surface area contributed by atoms with Gasteiger partial charge in [-0.2, -0.15) is 0 Å². The third kappa shape index (κ3) is 5.24. The Labute approximate surface area is 165 Å². The molecule has 0 radical (unpaired) electrons. The molecule has 7 nitrogen and oxygen atoms in total. The maximum absolute atomic E-state index is 12.4. The number of benzene rings is 1. The van der Waals surface area contributed by atoms with Gasteiger partial charge in [-0.25, -0.2) is 17.7 Å². The van der Waals surface area contributed by atoms with E-state index in [1.54, 1.807) is 18.2 Å². The van der Waals surface area contributed by atoms with Gasteiger partial charge in [0.05, 0.1) is 27.8 Å². The Hall–Kier alpha value is -1.58. The molecule has 0 bridgehead atoms. The van der Waals surface area contributed by atoms with Crippen molar-refractivity contribution in [2.75, 3.05) is 19.8 Å². The van der Waals surface area contributed by atoms with Gasteiger partial charge < -0.3 is 9.30 Å². The molecule has 0 aliphatic carbocycles. The zero-order valence-electron chi connectivity index (χ0n) is 16.4. The van der Waals surface area contributed by atoms with Gasteiger partial charge in [0.1, 0.15) is 0 Å². The smallest absolute Gasteiger partial charge is 0.316 e. The van der Waals surface area contributed by atoms with E-state index in [4.69, 9.17) is 4.74 Å². The topological polar surface area (TPSA) is 81.5 Å². The van der Waals surface area contributed by atoms with Crippen molar-refractivity contribution in [3.05, 3.63) is 18.2 Å². The molecule has 0 aliphatic rings. The summed E-state index contributed by atoms with van der Waals surface area (Å²) in [5.41, 5.74) is 1.47. The van der Waals surface area contributed by atoms with Gasteiger partial charge in [-0.05, 0) is 38.5 Å². The van der Waals surface area contributed by atoms with Gasteiger partial charge in [-0.15, -0.1) is 0 Å². The molecule has 9 heteroatoms. The lowest BCUT2D eigenvalue weighted by molar-refractivity contribution is -0.144. The first-order valence-corrected chi connectivity index (χ1v) is 11.3. The minimum atomic E-state index is -3.52. The predicted octanol–water partition coefficient (Wildman–Crippen LogP) is 3.13. The largest absolute Gasteiger partial charge is 0.462 e.